The molecule has 0 saturated heterocycles. The monoisotopic (exact) mass is 294 g/mol. The van der Waals surface area contributed by atoms with E-state index < -0.39 is 0 Å². The van der Waals surface area contributed by atoms with Crippen molar-refractivity contribution in [3.8, 4) is 0 Å². The number of rotatable bonds is 4. The highest BCUT2D eigenvalue weighted by molar-refractivity contribution is 7.11. The first-order chi connectivity index (χ1) is 9.08. The van der Waals surface area contributed by atoms with Crippen LogP contribution in [-0.4, -0.2) is 10.9 Å². The second-order valence-electron chi connectivity index (χ2n) is 4.22. The van der Waals surface area contributed by atoms with Gasteiger partial charge in [0, 0.05) is 21.0 Å². The van der Waals surface area contributed by atoms with Gasteiger partial charge in [0.05, 0.1) is 6.54 Å². The van der Waals surface area contributed by atoms with E-state index in [4.69, 9.17) is 11.6 Å². The Labute approximate surface area is 121 Å². The van der Waals surface area contributed by atoms with Crippen LogP contribution in [0.2, 0.25) is 5.15 Å². The van der Waals surface area contributed by atoms with Gasteiger partial charge in [-0.25, -0.2) is 4.98 Å². The van der Waals surface area contributed by atoms with Crippen molar-refractivity contribution in [1.29, 1.82) is 0 Å². The van der Waals surface area contributed by atoms with Crippen LogP contribution in [0.3, 0.4) is 0 Å². The number of halogens is 1. The summed E-state index contributed by atoms with van der Waals surface area (Å²) in [5.74, 6) is -0.120. The summed E-state index contributed by atoms with van der Waals surface area (Å²) < 4.78 is 0. The van der Waals surface area contributed by atoms with Crippen molar-refractivity contribution in [3.05, 3.63) is 50.4 Å². The lowest BCUT2D eigenvalue weighted by atomic mass is 10.2. The Morgan fingerprint density at radius 1 is 1.42 bits per heavy atom. The molecule has 0 spiro atoms. The van der Waals surface area contributed by atoms with Gasteiger partial charge in [0.1, 0.15) is 5.15 Å². The van der Waals surface area contributed by atoms with Gasteiger partial charge < -0.3 is 5.32 Å². The number of nitrogens with zero attached hydrogens (tertiary/aromatic N) is 1. The molecule has 19 heavy (non-hydrogen) atoms. The van der Waals surface area contributed by atoms with Crippen LogP contribution in [0.15, 0.2) is 24.3 Å². The lowest BCUT2D eigenvalue weighted by Gasteiger charge is -2.06. The number of nitrogens with one attached hydrogen (secondary N) is 1. The van der Waals surface area contributed by atoms with Crippen LogP contribution in [0, 0.1) is 6.92 Å². The zero-order valence-corrected chi connectivity index (χ0v) is 12.4. The maximum atomic E-state index is 12.1. The van der Waals surface area contributed by atoms with E-state index in [1.165, 1.54) is 4.88 Å². The van der Waals surface area contributed by atoms with Gasteiger partial charge in [-0.05, 0) is 37.6 Å². The normalized spacial score (nSPS) is 10.5. The Hall–Kier alpha value is -1.39. The molecule has 5 heteroatoms. The van der Waals surface area contributed by atoms with E-state index in [-0.39, 0.29) is 5.91 Å². The van der Waals surface area contributed by atoms with E-state index in [2.05, 4.69) is 10.3 Å². The second-order valence-corrected chi connectivity index (χ2v) is 5.98. The first kappa shape index (κ1) is 14.0. The molecule has 0 aliphatic heterocycles. The Balaban J connectivity index is 2.05. The molecule has 0 aliphatic rings. The molecular formula is C14H15ClN2OS. The molecule has 2 aromatic heterocycles. The second kappa shape index (κ2) is 6.17. The third-order valence-electron chi connectivity index (χ3n) is 2.69. The van der Waals surface area contributed by atoms with Crippen LogP contribution in [0.1, 0.15) is 32.7 Å². The Morgan fingerprint density at radius 2 is 2.21 bits per heavy atom. The average molecular weight is 295 g/mol. The standard InChI is InChI=1S/C14H15ClN2OS/c1-3-11-6-10(7-13(15)17-11)14(18)16-8-12-5-4-9(2)19-12/h4-7H,3,8H2,1-2H3,(H,16,18). The Bertz CT molecular complexity index is 595. The van der Waals surface area contributed by atoms with Gasteiger partial charge >= 0.3 is 0 Å². The van der Waals surface area contributed by atoms with Crippen LogP contribution >= 0.6 is 22.9 Å². The van der Waals surface area contributed by atoms with Crippen molar-refractivity contribution in [3.63, 3.8) is 0 Å². The molecule has 2 rings (SSSR count). The number of aromatic nitrogens is 1. The molecule has 3 nitrogen and oxygen atoms in total. The lowest BCUT2D eigenvalue weighted by molar-refractivity contribution is 0.0951. The quantitative estimate of drug-likeness (QED) is 0.876. The number of carbonyl (C=O) groups excluding carboxylic acids is 1. The van der Waals surface area contributed by atoms with E-state index in [1.54, 1.807) is 23.5 Å². The number of thiophene rings is 1. The first-order valence-corrected chi connectivity index (χ1v) is 7.28. The van der Waals surface area contributed by atoms with E-state index >= 15 is 0 Å². The number of hydrogen-bond acceptors (Lipinski definition) is 3. The van der Waals surface area contributed by atoms with E-state index in [9.17, 15) is 4.79 Å². The van der Waals surface area contributed by atoms with Crippen LogP contribution in [0.5, 0.6) is 0 Å². The van der Waals surface area contributed by atoms with Crippen molar-refractivity contribution in [2.45, 2.75) is 26.8 Å². The number of hydrogen-bond donors (Lipinski definition) is 1. The van der Waals surface area contributed by atoms with Crippen molar-refractivity contribution >= 4 is 28.8 Å². The molecule has 100 valence electrons. The number of aryl methyl sites for hydroxylation is 2. The first-order valence-electron chi connectivity index (χ1n) is 6.08. The highest BCUT2D eigenvalue weighted by atomic mass is 35.5. The zero-order chi connectivity index (χ0) is 13.8. The summed E-state index contributed by atoms with van der Waals surface area (Å²) >= 11 is 7.59. The third kappa shape index (κ3) is 3.78. The number of pyridine rings is 1. The summed E-state index contributed by atoms with van der Waals surface area (Å²) in [6.07, 6.45) is 0.755. The highest BCUT2D eigenvalue weighted by Crippen LogP contribution is 2.15. The van der Waals surface area contributed by atoms with Gasteiger partial charge in [0.2, 0.25) is 0 Å². The largest absolute Gasteiger partial charge is 0.347 e. The van der Waals surface area contributed by atoms with Crippen molar-refractivity contribution in [2.24, 2.45) is 0 Å². The van der Waals surface area contributed by atoms with E-state index in [0.29, 0.717) is 17.3 Å². The molecule has 1 N–H and O–H groups in total. The molecule has 0 radical (unpaired) electrons. The number of amides is 1. The fourth-order valence-corrected chi connectivity index (χ4v) is 2.77. The maximum absolute atomic E-state index is 12.1. The molecule has 2 heterocycles. The summed E-state index contributed by atoms with van der Waals surface area (Å²) in [6.45, 7) is 4.57. The molecule has 0 atom stereocenters. The van der Waals surface area contributed by atoms with Crippen LogP contribution in [0.4, 0.5) is 0 Å². The fraction of sp³-hybridized carbons (Fsp3) is 0.286. The summed E-state index contributed by atoms with van der Waals surface area (Å²) in [5.41, 5.74) is 1.38. The average Bonchev–Trinajstić information content (AvgIpc) is 2.81. The summed E-state index contributed by atoms with van der Waals surface area (Å²) in [4.78, 5) is 18.6. The summed E-state index contributed by atoms with van der Waals surface area (Å²) in [6, 6.07) is 7.44. The molecule has 1 amide bonds. The molecule has 0 saturated carbocycles. The van der Waals surface area contributed by atoms with Gasteiger partial charge in [-0.3, -0.25) is 4.79 Å². The topological polar surface area (TPSA) is 42.0 Å². The van der Waals surface area contributed by atoms with Crippen molar-refractivity contribution < 1.29 is 4.79 Å². The van der Waals surface area contributed by atoms with Gasteiger partial charge in [-0.2, -0.15) is 0 Å². The zero-order valence-electron chi connectivity index (χ0n) is 10.9. The summed E-state index contributed by atoms with van der Waals surface area (Å²) in [5, 5.41) is 3.25. The molecule has 0 bridgehead atoms. The van der Waals surface area contributed by atoms with E-state index in [1.807, 2.05) is 26.0 Å². The minimum absolute atomic E-state index is 0.120. The van der Waals surface area contributed by atoms with Crippen molar-refractivity contribution in [1.82, 2.24) is 10.3 Å². The van der Waals surface area contributed by atoms with Gasteiger partial charge in [0.25, 0.3) is 5.91 Å². The SMILES string of the molecule is CCc1cc(C(=O)NCc2ccc(C)s2)cc(Cl)n1. The van der Waals surface area contributed by atoms with Gasteiger partial charge in [-0.1, -0.05) is 18.5 Å². The molecule has 0 aliphatic carbocycles. The predicted molar refractivity (Wildman–Crippen MR) is 78.9 cm³/mol. The molecule has 0 fully saturated rings. The predicted octanol–water partition coefficient (Wildman–Crippen LogP) is 3.60. The van der Waals surface area contributed by atoms with Crippen molar-refractivity contribution in [2.75, 3.05) is 0 Å². The van der Waals surface area contributed by atoms with Gasteiger partial charge in [0.15, 0.2) is 0 Å². The van der Waals surface area contributed by atoms with Crippen LogP contribution < -0.4 is 5.32 Å². The highest BCUT2D eigenvalue weighted by Gasteiger charge is 2.09. The molecule has 0 aromatic carbocycles. The van der Waals surface area contributed by atoms with Gasteiger partial charge in [-0.15, -0.1) is 11.3 Å². The number of carbonyl (C=O) groups is 1. The van der Waals surface area contributed by atoms with E-state index in [0.717, 1.165) is 17.0 Å². The van der Waals surface area contributed by atoms with Crippen LogP contribution in [-0.2, 0) is 13.0 Å². The fourth-order valence-electron chi connectivity index (χ4n) is 1.71. The minimum Gasteiger partial charge on any atom is -0.347 e. The Kier molecular flexibility index (Phi) is 4.56. The maximum Gasteiger partial charge on any atom is 0.251 e. The van der Waals surface area contributed by atoms with Crippen LogP contribution in [0.25, 0.3) is 0 Å². The molecular weight excluding hydrogens is 280 g/mol. The third-order valence-corrected chi connectivity index (χ3v) is 3.89. The lowest BCUT2D eigenvalue weighted by Crippen LogP contribution is -2.22. The summed E-state index contributed by atoms with van der Waals surface area (Å²) in [7, 11) is 0. The molecule has 2 aromatic rings. The Morgan fingerprint density at radius 3 is 2.84 bits per heavy atom. The minimum atomic E-state index is -0.120. The molecule has 0 unspecified atom stereocenters. The smallest absolute Gasteiger partial charge is 0.251 e.